The standard InChI is InChI=1S/C28H30F2N4O4/c1-19-26(38-15-20-6-4-3-5-7-20)25(36)23(27(37)32-13-21-8-9-22(29)12-24(21)30)14-34(19)28(10-11-31-16-28)17-33(2)18-35/h3-9,12,14,18,31H,10-11,13,15-17H2,1-2H3,(H,32,37). The maximum Gasteiger partial charge on any atom is 0.257 e. The Bertz CT molecular complexity index is 1370. The van der Waals surface area contributed by atoms with Crippen molar-refractivity contribution in [2.24, 2.45) is 0 Å². The van der Waals surface area contributed by atoms with Crippen LogP contribution in [0.4, 0.5) is 8.78 Å². The summed E-state index contributed by atoms with van der Waals surface area (Å²) in [6, 6.07) is 12.4. The first kappa shape index (κ1) is 27.0. The van der Waals surface area contributed by atoms with E-state index in [9.17, 15) is 23.2 Å². The van der Waals surface area contributed by atoms with Gasteiger partial charge in [0.15, 0.2) is 5.75 Å². The molecule has 1 aromatic heterocycles. The molecule has 1 unspecified atom stereocenters. The van der Waals surface area contributed by atoms with E-state index in [0.717, 1.165) is 24.1 Å². The lowest BCUT2D eigenvalue weighted by Crippen LogP contribution is -2.47. The molecule has 10 heteroatoms. The number of aromatic nitrogens is 1. The molecular formula is C28H30F2N4O4. The van der Waals surface area contributed by atoms with Crippen molar-refractivity contribution in [2.45, 2.75) is 32.0 Å². The fourth-order valence-corrected chi connectivity index (χ4v) is 4.82. The van der Waals surface area contributed by atoms with Crippen molar-refractivity contribution < 1.29 is 23.1 Å². The van der Waals surface area contributed by atoms with E-state index in [4.69, 9.17) is 4.74 Å². The Kier molecular flexibility index (Phi) is 8.21. The van der Waals surface area contributed by atoms with E-state index in [2.05, 4.69) is 10.6 Å². The second kappa shape index (κ2) is 11.6. The maximum absolute atomic E-state index is 14.1. The van der Waals surface area contributed by atoms with Crippen LogP contribution in [0, 0.1) is 18.6 Å². The van der Waals surface area contributed by atoms with Crippen molar-refractivity contribution in [3.05, 3.63) is 99.0 Å². The third-order valence-electron chi connectivity index (χ3n) is 6.78. The first-order chi connectivity index (χ1) is 18.2. The van der Waals surface area contributed by atoms with Crippen molar-refractivity contribution >= 4 is 12.3 Å². The van der Waals surface area contributed by atoms with Crippen LogP contribution in [0.1, 0.15) is 33.6 Å². The molecule has 0 aliphatic carbocycles. The molecule has 4 rings (SSSR count). The summed E-state index contributed by atoms with van der Waals surface area (Å²) in [5.74, 6) is -2.22. The molecule has 38 heavy (non-hydrogen) atoms. The zero-order valence-corrected chi connectivity index (χ0v) is 21.3. The average Bonchev–Trinajstić information content (AvgIpc) is 3.37. The number of rotatable bonds is 10. The molecule has 3 aromatic rings. The highest BCUT2D eigenvalue weighted by Gasteiger charge is 2.39. The van der Waals surface area contributed by atoms with Crippen LogP contribution in [0.5, 0.6) is 5.75 Å². The Balaban J connectivity index is 1.74. The minimum atomic E-state index is -0.800. The van der Waals surface area contributed by atoms with E-state index in [1.54, 1.807) is 14.0 Å². The lowest BCUT2D eigenvalue weighted by molar-refractivity contribution is -0.118. The molecular weight excluding hydrogens is 494 g/mol. The van der Waals surface area contributed by atoms with Crippen molar-refractivity contribution in [3.63, 3.8) is 0 Å². The lowest BCUT2D eigenvalue weighted by atomic mass is 9.95. The van der Waals surface area contributed by atoms with Gasteiger partial charge in [-0.2, -0.15) is 0 Å². The Morgan fingerprint density at radius 3 is 2.66 bits per heavy atom. The highest BCUT2D eigenvalue weighted by molar-refractivity contribution is 5.94. The summed E-state index contributed by atoms with van der Waals surface area (Å²) >= 11 is 0. The molecule has 1 atom stereocenters. The summed E-state index contributed by atoms with van der Waals surface area (Å²) in [5, 5.41) is 5.88. The molecule has 2 N–H and O–H groups in total. The normalized spacial score (nSPS) is 16.7. The molecule has 1 aliphatic heterocycles. The van der Waals surface area contributed by atoms with Crippen LogP contribution < -0.4 is 20.8 Å². The topological polar surface area (TPSA) is 92.7 Å². The molecule has 2 amide bonds. The summed E-state index contributed by atoms with van der Waals surface area (Å²) in [7, 11) is 1.67. The Hall–Kier alpha value is -4.05. The highest BCUT2D eigenvalue weighted by atomic mass is 19.1. The molecule has 2 aromatic carbocycles. The van der Waals surface area contributed by atoms with Gasteiger partial charge in [0, 0.05) is 44.5 Å². The number of hydrogen-bond donors (Lipinski definition) is 2. The second-order valence-corrected chi connectivity index (χ2v) is 9.52. The number of likely N-dealkylation sites (N-methyl/N-ethyl adjacent to an activating group) is 1. The SMILES string of the molecule is Cc1c(OCc2ccccc2)c(=O)c(C(=O)NCc2ccc(F)cc2F)cn1C1(CN(C)C=O)CCNC1. The number of benzene rings is 2. The first-order valence-electron chi connectivity index (χ1n) is 12.3. The van der Waals surface area contributed by atoms with Crippen molar-refractivity contribution in [1.29, 1.82) is 0 Å². The Labute approximate surface area is 219 Å². The molecule has 1 aliphatic rings. The van der Waals surface area contributed by atoms with Crippen LogP contribution in [0.15, 0.2) is 59.5 Å². The van der Waals surface area contributed by atoms with Gasteiger partial charge in [-0.05, 0) is 31.5 Å². The highest BCUT2D eigenvalue weighted by Crippen LogP contribution is 2.30. The van der Waals surface area contributed by atoms with Gasteiger partial charge in [0.1, 0.15) is 23.8 Å². The number of nitrogens with zero attached hydrogens (tertiary/aromatic N) is 2. The summed E-state index contributed by atoms with van der Waals surface area (Å²) in [6.45, 7) is 3.16. The van der Waals surface area contributed by atoms with E-state index < -0.39 is 28.5 Å². The van der Waals surface area contributed by atoms with Crippen LogP contribution in [-0.2, 0) is 23.5 Å². The van der Waals surface area contributed by atoms with Gasteiger partial charge in [-0.1, -0.05) is 36.4 Å². The van der Waals surface area contributed by atoms with E-state index in [0.29, 0.717) is 31.7 Å². The fourth-order valence-electron chi connectivity index (χ4n) is 4.82. The van der Waals surface area contributed by atoms with Gasteiger partial charge in [-0.25, -0.2) is 8.78 Å². The maximum atomic E-state index is 14.1. The van der Waals surface area contributed by atoms with Crippen LogP contribution in [0.2, 0.25) is 0 Å². The smallest absolute Gasteiger partial charge is 0.257 e. The van der Waals surface area contributed by atoms with E-state index >= 15 is 0 Å². The summed E-state index contributed by atoms with van der Waals surface area (Å²) in [5.41, 5.74) is 0.0400. The van der Waals surface area contributed by atoms with Crippen molar-refractivity contribution in [3.8, 4) is 5.75 Å². The summed E-state index contributed by atoms with van der Waals surface area (Å²) in [4.78, 5) is 39.8. The second-order valence-electron chi connectivity index (χ2n) is 9.52. The third kappa shape index (κ3) is 5.75. The van der Waals surface area contributed by atoms with Gasteiger partial charge in [0.05, 0.1) is 11.2 Å². The van der Waals surface area contributed by atoms with Gasteiger partial charge >= 0.3 is 0 Å². The number of nitrogens with one attached hydrogen (secondary N) is 2. The average molecular weight is 525 g/mol. The first-order valence-corrected chi connectivity index (χ1v) is 12.3. The zero-order valence-electron chi connectivity index (χ0n) is 21.3. The fraction of sp³-hybridized carbons (Fsp3) is 0.321. The predicted molar refractivity (Wildman–Crippen MR) is 138 cm³/mol. The predicted octanol–water partition coefficient (Wildman–Crippen LogP) is 2.72. The van der Waals surface area contributed by atoms with Crippen molar-refractivity contribution in [2.75, 3.05) is 26.7 Å². The van der Waals surface area contributed by atoms with Gasteiger partial charge in [-0.15, -0.1) is 0 Å². The Morgan fingerprint density at radius 2 is 2.00 bits per heavy atom. The minimum absolute atomic E-state index is 0.0227. The molecule has 200 valence electrons. The zero-order chi connectivity index (χ0) is 27.3. The largest absolute Gasteiger partial charge is 0.483 e. The quantitative estimate of drug-likeness (QED) is 0.398. The monoisotopic (exact) mass is 524 g/mol. The van der Waals surface area contributed by atoms with E-state index in [-0.39, 0.29) is 30.0 Å². The molecule has 1 saturated heterocycles. The molecule has 0 radical (unpaired) electrons. The molecule has 0 saturated carbocycles. The van der Waals surface area contributed by atoms with E-state index in [1.807, 2.05) is 34.9 Å². The number of hydrogen-bond acceptors (Lipinski definition) is 5. The minimum Gasteiger partial charge on any atom is -0.483 e. The molecule has 0 bridgehead atoms. The summed E-state index contributed by atoms with van der Waals surface area (Å²) < 4.78 is 35.2. The molecule has 8 nitrogen and oxygen atoms in total. The third-order valence-corrected chi connectivity index (χ3v) is 6.78. The molecule has 0 spiro atoms. The van der Waals surface area contributed by atoms with Gasteiger partial charge < -0.3 is 24.8 Å². The van der Waals surface area contributed by atoms with Crippen LogP contribution in [0.3, 0.4) is 0 Å². The number of amides is 2. The molecule has 1 fully saturated rings. The van der Waals surface area contributed by atoms with Gasteiger partial charge in [-0.3, -0.25) is 14.4 Å². The van der Waals surface area contributed by atoms with Gasteiger partial charge in [0.2, 0.25) is 11.8 Å². The van der Waals surface area contributed by atoms with Gasteiger partial charge in [0.25, 0.3) is 5.91 Å². The summed E-state index contributed by atoms with van der Waals surface area (Å²) in [6.07, 6.45) is 2.86. The van der Waals surface area contributed by atoms with Crippen LogP contribution >= 0.6 is 0 Å². The van der Waals surface area contributed by atoms with E-state index in [1.165, 1.54) is 17.2 Å². The number of carbonyl (C=O) groups excluding carboxylic acids is 2. The van der Waals surface area contributed by atoms with Crippen molar-refractivity contribution in [1.82, 2.24) is 20.1 Å². The number of carbonyl (C=O) groups is 2. The van der Waals surface area contributed by atoms with Crippen LogP contribution in [0.25, 0.3) is 0 Å². The number of halogens is 2. The number of pyridine rings is 1. The molecule has 2 heterocycles. The lowest BCUT2D eigenvalue weighted by Gasteiger charge is -2.36. The Morgan fingerprint density at radius 1 is 1.24 bits per heavy atom. The van der Waals surface area contributed by atoms with Crippen LogP contribution in [-0.4, -0.2) is 48.5 Å². The number of ether oxygens (including phenoxy) is 1.